The molecule has 1 aliphatic heterocycles. The Labute approximate surface area is 148 Å². The van der Waals surface area contributed by atoms with Crippen LogP contribution in [-0.4, -0.2) is 31.2 Å². The highest BCUT2D eigenvalue weighted by molar-refractivity contribution is 8.13. The fraction of sp³-hybridized carbons (Fsp3) is 0.294. The van der Waals surface area contributed by atoms with E-state index in [1.165, 1.54) is 11.8 Å². The van der Waals surface area contributed by atoms with Crippen LogP contribution in [0.25, 0.3) is 17.2 Å². The lowest BCUT2D eigenvalue weighted by molar-refractivity contribution is 0.264. The fourth-order valence-electron chi connectivity index (χ4n) is 3.15. The summed E-state index contributed by atoms with van der Waals surface area (Å²) >= 11 is 1.20. The number of aromatic nitrogens is 4. The first-order valence-electron chi connectivity index (χ1n) is 8.11. The van der Waals surface area contributed by atoms with Crippen molar-refractivity contribution in [2.75, 3.05) is 11.2 Å². The van der Waals surface area contributed by atoms with Gasteiger partial charge in [-0.3, -0.25) is 14.3 Å². The minimum absolute atomic E-state index is 0.00219. The summed E-state index contributed by atoms with van der Waals surface area (Å²) in [5.41, 5.74) is 3.37. The summed E-state index contributed by atoms with van der Waals surface area (Å²) < 4.78 is 7.38. The molecule has 0 unspecified atom stereocenters. The lowest BCUT2D eigenvalue weighted by Crippen LogP contribution is -2.32. The summed E-state index contributed by atoms with van der Waals surface area (Å²) in [5.74, 6) is 1.58. The number of imidazole rings is 1. The molecule has 1 aromatic carbocycles. The van der Waals surface area contributed by atoms with E-state index in [2.05, 4.69) is 15.1 Å². The minimum Gasteiger partial charge on any atom is -0.339 e. The fourth-order valence-corrected chi connectivity index (χ4v) is 3.53. The predicted octanol–water partition coefficient (Wildman–Crippen LogP) is 3.60. The molecule has 2 aliphatic rings. The normalized spacial score (nSPS) is 15.8. The molecule has 0 N–H and O–H groups in total. The summed E-state index contributed by atoms with van der Waals surface area (Å²) in [6, 6.07) is 7.82. The third-order valence-corrected chi connectivity index (χ3v) is 5.15. The van der Waals surface area contributed by atoms with Crippen LogP contribution < -0.4 is 4.90 Å². The summed E-state index contributed by atoms with van der Waals surface area (Å²) in [6.07, 6.45) is 5.76. The Morgan fingerprint density at radius 1 is 1.28 bits per heavy atom. The predicted molar refractivity (Wildman–Crippen MR) is 93.9 cm³/mol. The summed E-state index contributed by atoms with van der Waals surface area (Å²) in [5, 5.41) is 4.10. The Morgan fingerprint density at radius 2 is 2.08 bits per heavy atom. The zero-order valence-electron chi connectivity index (χ0n) is 13.5. The zero-order valence-corrected chi connectivity index (χ0v) is 14.4. The van der Waals surface area contributed by atoms with Crippen molar-refractivity contribution < 1.29 is 9.32 Å². The van der Waals surface area contributed by atoms with Gasteiger partial charge in [0.05, 0.1) is 23.6 Å². The van der Waals surface area contributed by atoms with E-state index in [-0.39, 0.29) is 5.24 Å². The monoisotopic (exact) mass is 353 g/mol. The summed E-state index contributed by atoms with van der Waals surface area (Å²) in [4.78, 5) is 23.2. The van der Waals surface area contributed by atoms with Gasteiger partial charge in [-0.15, -0.1) is 0 Å². The van der Waals surface area contributed by atoms with Gasteiger partial charge in [0.1, 0.15) is 12.0 Å². The lowest BCUT2D eigenvalue weighted by Gasteiger charge is -2.30. The van der Waals surface area contributed by atoms with Crippen molar-refractivity contribution in [2.45, 2.75) is 25.3 Å². The van der Waals surface area contributed by atoms with Crippen molar-refractivity contribution in [3.63, 3.8) is 0 Å². The van der Waals surface area contributed by atoms with E-state index >= 15 is 0 Å². The third kappa shape index (κ3) is 2.28. The molecule has 1 amide bonds. The van der Waals surface area contributed by atoms with E-state index in [0.29, 0.717) is 29.9 Å². The SMILES string of the molecule is CSC(=O)N1Cc2c(-c3noc(C4CC4)n3)ncn2-c2ccccc21. The van der Waals surface area contributed by atoms with Crippen molar-refractivity contribution in [3.8, 4) is 17.2 Å². The molecule has 1 saturated carbocycles. The third-order valence-electron chi connectivity index (χ3n) is 4.58. The maximum Gasteiger partial charge on any atom is 0.286 e. The molecule has 1 aliphatic carbocycles. The number of thioether (sulfide) groups is 1. The molecule has 0 bridgehead atoms. The Hall–Kier alpha value is -2.61. The van der Waals surface area contributed by atoms with E-state index in [4.69, 9.17) is 4.52 Å². The molecule has 0 atom stereocenters. The first kappa shape index (κ1) is 14.7. The van der Waals surface area contributed by atoms with Crippen LogP contribution in [0.3, 0.4) is 0 Å². The topological polar surface area (TPSA) is 77.1 Å². The number of amides is 1. The van der Waals surface area contributed by atoms with Crippen LogP contribution in [0.4, 0.5) is 10.5 Å². The lowest BCUT2D eigenvalue weighted by atomic mass is 10.1. The van der Waals surface area contributed by atoms with Gasteiger partial charge in [-0.2, -0.15) is 4.98 Å². The number of fused-ring (bicyclic) bond motifs is 3. The van der Waals surface area contributed by atoms with E-state index < -0.39 is 0 Å². The molecule has 0 saturated heterocycles. The van der Waals surface area contributed by atoms with E-state index in [0.717, 1.165) is 29.9 Å². The molecule has 1 fully saturated rings. The smallest absolute Gasteiger partial charge is 0.286 e. The molecular formula is C17H15N5O2S. The van der Waals surface area contributed by atoms with Crippen LogP contribution in [0.15, 0.2) is 35.1 Å². The number of hydrogen-bond acceptors (Lipinski definition) is 6. The standard InChI is InChI=1S/C17H15N5O2S/c1-25-17(23)21-8-13-14(15-19-16(24-20-15)10-6-7-10)18-9-22(13)12-5-3-2-4-11(12)21/h2-5,9-10H,6-8H2,1H3. The first-order valence-corrected chi connectivity index (χ1v) is 9.34. The van der Waals surface area contributed by atoms with Gasteiger partial charge >= 0.3 is 0 Å². The zero-order chi connectivity index (χ0) is 17.0. The van der Waals surface area contributed by atoms with E-state index in [1.807, 2.05) is 28.8 Å². The van der Waals surface area contributed by atoms with Gasteiger partial charge in [0.2, 0.25) is 11.7 Å². The Bertz CT molecular complexity index is 975. The second-order valence-electron chi connectivity index (χ2n) is 6.19. The number of rotatable bonds is 2. The molecule has 0 spiro atoms. The molecule has 7 nitrogen and oxygen atoms in total. The molecule has 126 valence electrons. The molecular weight excluding hydrogens is 338 g/mol. The van der Waals surface area contributed by atoms with Crippen molar-refractivity contribution >= 4 is 22.7 Å². The maximum absolute atomic E-state index is 12.4. The van der Waals surface area contributed by atoms with E-state index in [9.17, 15) is 4.79 Å². The van der Waals surface area contributed by atoms with Crippen molar-refractivity contribution in [3.05, 3.63) is 42.2 Å². The molecule has 3 heterocycles. The Kier molecular flexibility index (Phi) is 3.21. The van der Waals surface area contributed by atoms with Crippen molar-refractivity contribution in [2.24, 2.45) is 0 Å². The highest BCUT2D eigenvalue weighted by Crippen LogP contribution is 2.40. The van der Waals surface area contributed by atoms with Gasteiger partial charge in [-0.25, -0.2) is 4.98 Å². The second-order valence-corrected chi connectivity index (χ2v) is 6.94. The summed E-state index contributed by atoms with van der Waals surface area (Å²) in [7, 11) is 0. The number of benzene rings is 1. The van der Waals surface area contributed by atoms with Crippen LogP contribution in [0.2, 0.25) is 0 Å². The van der Waals surface area contributed by atoms with E-state index in [1.54, 1.807) is 17.5 Å². The van der Waals surface area contributed by atoms with Crippen LogP contribution >= 0.6 is 11.8 Å². The first-order chi connectivity index (χ1) is 12.3. The second kappa shape index (κ2) is 5.45. The number of nitrogens with zero attached hydrogens (tertiary/aromatic N) is 5. The van der Waals surface area contributed by atoms with Crippen LogP contribution in [0.1, 0.15) is 30.3 Å². The van der Waals surface area contributed by atoms with Gasteiger partial charge in [0.25, 0.3) is 5.24 Å². The number of anilines is 1. The highest BCUT2D eigenvalue weighted by Gasteiger charge is 2.33. The number of carbonyl (C=O) groups is 1. The average molecular weight is 353 g/mol. The maximum atomic E-state index is 12.4. The van der Waals surface area contributed by atoms with Crippen molar-refractivity contribution in [1.82, 2.24) is 19.7 Å². The molecule has 5 rings (SSSR count). The van der Waals surface area contributed by atoms with Crippen LogP contribution in [-0.2, 0) is 6.54 Å². The molecule has 25 heavy (non-hydrogen) atoms. The van der Waals surface area contributed by atoms with Crippen LogP contribution in [0, 0.1) is 0 Å². The molecule has 8 heteroatoms. The van der Waals surface area contributed by atoms with Gasteiger partial charge in [0.15, 0.2) is 0 Å². The average Bonchev–Trinajstić information content (AvgIpc) is 3.23. The molecule has 2 aromatic heterocycles. The van der Waals surface area contributed by atoms with Crippen molar-refractivity contribution in [1.29, 1.82) is 0 Å². The number of hydrogen-bond donors (Lipinski definition) is 0. The minimum atomic E-state index is -0.00219. The van der Waals surface area contributed by atoms with Crippen LogP contribution in [0.5, 0.6) is 0 Å². The van der Waals surface area contributed by atoms with Gasteiger partial charge in [0, 0.05) is 5.92 Å². The Balaban J connectivity index is 1.63. The van der Waals surface area contributed by atoms with Gasteiger partial charge in [-0.05, 0) is 31.2 Å². The molecule has 0 radical (unpaired) electrons. The summed E-state index contributed by atoms with van der Waals surface area (Å²) in [6.45, 7) is 0.430. The largest absolute Gasteiger partial charge is 0.339 e. The Morgan fingerprint density at radius 3 is 2.84 bits per heavy atom. The quantitative estimate of drug-likeness (QED) is 0.700. The van der Waals surface area contributed by atoms with Gasteiger partial charge < -0.3 is 4.52 Å². The number of carbonyl (C=O) groups excluding carboxylic acids is 1. The van der Waals surface area contributed by atoms with Gasteiger partial charge in [-0.1, -0.05) is 29.1 Å². The molecule has 3 aromatic rings. The highest BCUT2D eigenvalue weighted by atomic mass is 32.2. The number of para-hydroxylation sites is 2.